The van der Waals surface area contributed by atoms with Crippen molar-refractivity contribution in [1.82, 2.24) is 19.6 Å². The third-order valence-electron chi connectivity index (χ3n) is 3.74. The molecule has 0 bridgehead atoms. The van der Waals surface area contributed by atoms with E-state index < -0.39 is 5.82 Å². The van der Waals surface area contributed by atoms with Gasteiger partial charge in [-0.2, -0.15) is 0 Å². The summed E-state index contributed by atoms with van der Waals surface area (Å²) in [4.78, 5) is 23.5. The zero-order valence-electron chi connectivity index (χ0n) is 13.6. The molecule has 0 aliphatic carbocycles. The molecular formula is C17H12FN5OS2. The highest BCUT2D eigenvalue weighted by atomic mass is 32.1. The first kappa shape index (κ1) is 16.7. The Morgan fingerprint density at radius 2 is 2.15 bits per heavy atom. The van der Waals surface area contributed by atoms with Crippen molar-refractivity contribution in [3.63, 3.8) is 0 Å². The van der Waals surface area contributed by atoms with Crippen LogP contribution in [0.3, 0.4) is 0 Å². The molecule has 3 aromatic heterocycles. The van der Waals surface area contributed by atoms with Crippen LogP contribution in [0.2, 0.25) is 0 Å². The first-order valence-corrected chi connectivity index (χ1v) is 9.27. The second kappa shape index (κ2) is 6.85. The molecule has 0 fully saturated rings. The molecule has 4 rings (SSSR count). The topological polar surface area (TPSA) is 71.9 Å². The third-order valence-corrected chi connectivity index (χ3v) is 5.60. The number of benzene rings is 1. The summed E-state index contributed by atoms with van der Waals surface area (Å²) in [5, 5.41) is 4.33. The van der Waals surface area contributed by atoms with E-state index in [9.17, 15) is 9.18 Å². The number of nitrogens with zero attached hydrogens (tertiary/aromatic N) is 5. The van der Waals surface area contributed by atoms with Gasteiger partial charge in [-0.1, -0.05) is 28.0 Å². The zero-order valence-corrected chi connectivity index (χ0v) is 15.2. The summed E-state index contributed by atoms with van der Waals surface area (Å²) in [6.07, 6.45) is 3.35. The number of thiazole rings is 1. The van der Waals surface area contributed by atoms with E-state index >= 15 is 0 Å². The van der Waals surface area contributed by atoms with Crippen molar-refractivity contribution in [2.24, 2.45) is 0 Å². The van der Waals surface area contributed by atoms with Gasteiger partial charge in [-0.15, -0.1) is 5.10 Å². The van der Waals surface area contributed by atoms with Gasteiger partial charge in [0.15, 0.2) is 5.13 Å². The summed E-state index contributed by atoms with van der Waals surface area (Å²) in [6, 6.07) is 8.45. The molecule has 0 radical (unpaired) electrons. The third kappa shape index (κ3) is 3.06. The molecule has 0 unspecified atom stereocenters. The van der Waals surface area contributed by atoms with Crippen molar-refractivity contribution >= 4 is 44.1 Å². The molecule has 9 heteroatoms. The molecule has 26 heavy (non-hydrogen) atoms. The number of amides is 1. The van der Waals surface area contributed by atoms with Crippen molar-refractivity contribution in [3.05, 3.63) is 64.7 Å². The number of para-hydroxylation sites is 1. The number of hydrogen-bond acceptors (Lipinski definition) is 7. The van der Waals surface area contributed by atoms with E-state index in [0.29, 0.717) is 20.4 Å². The maximum absolute atomic E-state index is 14.0. The van der Waals surface area contributed by atoms with E-state index in [4.69, 9.17) is 0 Å². The standard InChI is InChI=1S/C17H12FN5OS2/c1-10-15(26-22-21-10)16(24)23(9-11-4-3-7-19-8-11)17-20-14-12(18)5-2-6-13(14)25-17/h2-8H,9H2,1H3. The van der Waals surface area contributed by atoms with Crippen LogP contribution in [-0.2, 0) is 6.54 Å². The number of halogens is 1. The lowest BCUT2D eigenvalue weighted by molar-refractivity contribution is 0.0988. The largest absolute Gasteiger partial charge is 0.279 e. The van der Waals surface area contributed by atoms with Crippen molar-refractivity contribution in [2.45, 2.75) is 13.5 Å². The smallest absolute Gasteiger partial charge is 0.274 e. The summed E-state index contributed by atoms with van der Waals surface area (Å²) in [5.74, 6) is -0.671. The summed E-state index contributed by atoms with van der Waals surface area (Å²) >= 11 is 2.30. The summed E-state index contributed by atoms with van der Waals surface area (Å²) in [7, 11) is 0. The van der Waals surface area contributed by atoms with Crippen molar-refractivity contribution < 1.29 is 9.18 Å². The number of fused-ring (bicyclic) bond motifs is 1. The normalized spacial score (nSPS) is 11.0. The number of carbonyl (C=O) groups excluding carboxylic acids is 1. The highest BCUT2D eigenvalue weighted by Gasteiger charge is 2.25. The van der Waals surface area contributed by atoms with Gasteiger partial charge < -0.3 is 0 Å². The van der Waals surface area contributed by atoms with Crippen LogP contribution in [0.25, 0.3) is 10.2 Å². The molecule has 0 saturated carbocycles. The van der Waals surface area contributed by atoms with Gasteiger partial charge >= 0.3 is 0 Å². The van der Waals surface area contributed by atoms with Crippen LogP contribution in [0.5, 0.6) is 0 Å². The monoisotopic (exact) mass is 385 g/mol. The molecule has 1 aromatic carbocycles. The van der Waals surface area contributed by atoms with Gasteiger partial charge in [0.1, 0.15) is 16.2 Å². The number of carbonyl (C=O) groups is 1. The Balaban J connectivity index is 1.80. The van der Waals surface area contributed by atoms with Gasteiger partial charge in [0.25, 0.3) is 5.91 Å². The van der Waals surface area contributed by atoms with E-state index in [1.54, 1.807) is 37.5 Å². The van der Waals surface area contributed by atoms with Crippen LogP contribution in [-0.4, -0.2) is 25.5 Å². The molecule has 3 heterocycles. The molecule has 0 spiro atoms. The molecule has 4 aromatic rings. The van der Waals surface area contributed by atoms with Crippen LogP contribution in [0.15, 0.2) is 42.7 Å². The van der Waals surface area contributed by atoms with Gasteiger partial charge in [-0.05, 0) is 42.2 Å². The molecule has 0 aliphatic heterocycles. The number of hydrogen-bond donors (Lipinski definition) is 0. The minimum atomic E-state index is -0.408. The quantitative estimate of drug-likeness (QED) is 0.534. The minimum absolute atomic E-state index is 0.260. The lowest BCUT2D eigenvalue weighted by Gasteiger charge is -2.19. The van der Waals surface area contributed by atoms with Gasteiger partial charge in [-0.3, -0.25) is 14.7 Å². The highest BCUT2D eigenvalue weighted by Crippen LogP contribution is 2.32. The maximum atomic E-state index is 14.0. The summed E-state index contributed by atoms with van der Waals surface area (Å²) in [6.45, 7) is 2.00. The Morgan fingerprint density at radius 1 is 1.27 bits per heavy atom. The first-order valence-electron chi connectivity index (χ1n) is 7.68. The fourth-order valence-electron chi connectivity index (χ4n) is 2.47. The highest BCUT2D eigenvalue weighted by molar-refractivity contribution is 7.22. The maximum Gasteiger partial charge on any atom is 0.274 e. The molecule has 1 amide bonds. The van der Waals surface area contributed by atoms with Gasteiger partial charge in [0.2, 0.25) is 0 Å². The van der Waals surface area contributed by atoms with Gasteiger partial charge in [0, 0.05) is 12.4 Å². The molecule has 6 nitrogen and oxygen atoms in total. The SMILES string of the molecule is Cc1nnsc1C(=O)N(Cc1cccnc1)c1nc2c(F)cccc2s1. The van der Waals surface area contributed by atoms with Crippen LogP contribution >= 0.6 is 22.9 Å². The number of anilines is 1. The van der Waals surface area contributed by atoms with Crippen molar-refractivity contribution in [3.8, 4) is 0 Å². The first-order chi connectivity index (χ1) is 12.6. The average molecular weight is 385 g/mol. The van der Waals surface area contributed by atoms with Gasteiger partial charge in [0.05, 0.1) is 16.9 Å². The second-order valence-electron chi connectivity index (χ2n) is 5.52. The Labute approximate surface area is 156 Å². The fraction of sp³-hybridized carbons (Fsp3) is 0.118. The average Bonchev–Trinajstić information content (AvgIpc) is 3.27. The molecular weight excluding hydrogens is 373 g/mol. The van der Waals surface area contributed by atoms with Crippen molar-refractivity contribution in [2.75, 3.05) is 4.90 Å². The number of pyridine rings is 1. The predicted molar refractivity (Wildman–Crippen MR) is 99.0 cm³/mol. The number of aromatic nitrogens is 4. The minimum Gasteiger partial charge on any atom is -0.279 e. The Morgan fingerprint density at radius 3 is 2.85 bits per heavy atom. The Kier molecular flexibility index (Phi) is 4.39. The lowest BCUT2D eigenvalue weighted by atomic mass is 10.2. The van der Waals surface area contributed by atoms with Crippen molar-refractivity contribution in [1.29, 1.82) is 0 Å². The second-order valence-corrected chi connectivity index (χ2v) is 7.29. The van der Waals surface area contributed by atoms with Crippen LogP contribution in [0.4, 0.5) is 9.52 Å². The van der Waals surface area contributed by atoms with E-state index in [-0.39, 0.29) is 18.0 Å². The fourth-order valence-corrected chi connectivity index (χ4v) is 4.05. The molecule has 0 atom stereocenters. The molecule has 130 valence electrons. The van der Waals surface area contributed by atoms with Gasteiger partial charge in [-0.25, -0.2) is 9.37 Å². The van der Waals surface area contributed by atoms with Crippen LogP contribution in [0.1, 0.15) is 20.9 Å². The number of rotatable bonds is 4. The number of aryl methyl sites for hydroxylation is 1. The molecule has 0 N–H and O–H groups in total. The van der Waals surface area contributed by atoms with E-state index in [0.717, 1.165) is 17.1 Å². The lowest BCUT2D eigenvalue weighted by Crippen LogP contribution is -2.30. The van der Waals surface area contributed by atoms with Crippen LogP contribution < -0.4 is 4.90 Å². The van der Waals surface area contributed by atoms with E-state index in [1.807, 2.05) is 6.07 Å². The molecule has 0 aliphatic rings. The summed E-state index contributed by atoms with van der Waals surface area (Å²) < 4.78 is 18.6. The zero-order chi connectivity index (χ0) is 18.1. The van der Waals surface area contributed by atoms with E-state index in [2.05, 4.69) is 19.6 Å². The van der Waals surface area contributed by atoms with E-state index in [1.165, 1.54) is 22.3 Å². The van der Waals surface area contributed by atoms with Crippen LogP contribution in [0, 0.1) is 12.7 Å². The Bertz CT molecular complexity index is 1080. The summed E-state index contributed by atoms with van der Waals surface area (Å²) in [5.41, 5.74) is 1.66. The molecule has 0 saturated heterocycles. The predicted octanol–water partition coefficient (Wildman–Crippen LogP) is 3.84. The Hall–Kier alpha value is -2.78.